The zero-order valence-corrected chi connectivity index (χ0v) is 7.93. The summed E-state index contributed by atoms with van der Waals surface area (Å²) in [7, 11) is 0. The molecule has 0 aliphatic carbocycles. The molecule has 5 nitrogen and oxygen atoms in total. The number of imidazole rings is 1. The van der Waals surface area contributed by atoms with E-state index in [0.717, 1.165) is 0 Å². The molecule has 6 heteroatoms. The highest BCUT2D eigenvalue weighted by Gasteiger charge is 2.17. The number of fused-ring (bicyclic) bond motifs is 1. The molecule has 0 unspecified atom stereocenters. The van der Waals surface area contributed by atoms with Crippen molar-refractivity contribution >= 4 is 27.3 Å². The molecule has 0 aliphatic heterocycles. The van der Waals surface area contributed by atoms with E-state index in [0.29, 0.717) is 9.99 Å². The third-order valence-electron chi connectivity index (χ3n) is 1.66. The molecule has 2 heterocycles. The van der Waals surface area contributed by atoms with Gasteiger partial charge in [0.05, 0.1) is 4.47 Å². The van der Waals surface area contributed by atoms with Gasteiger partial charge < -0.3 is 10.1 Å². The Balaban J connectivity index is 2.86. The second-order valence-corrected chi connectivity index (χ2v) is 3.29. The molecule has 0 saturated heterocycles. The summed E-state index contributed by atoms with van der Waals surface area (Å²) < 4.78 is 2.27. The van der Waals surface area contributed by atoms with Gasteiger partial charge >= 0.3 is 5.82 Å². The van der Waals surface area contributed by atoms with Crippen molar-refractivity contribution in [2.24, 2.45) is 0 Å². The maximum atomic E-state index is 10.5. The van der Waals surface area contributed by atoms with Crippen molar-refractivity contribution in [1.82, 2.24) is 9.38 Å². The van der Waals surface area contributed by atoms with E-state index in [1.165, 1.54) is 6.33 Å². The lowest BCUT2D eigenvalue weighted by Crippen LogP contribution is -1.89. The summed E-state index contributed by atoms with van der Waals surface area (Å²) in [4.78, 5) is 13.7. The van der Waals surface area contributed by atoms with Crippen molar-refractivity contribution in [1.29, 1.82) is 0 Å². The van der Waals surface area contributed by atoms with E-state index in [4.69, 9.17) is 0 Å². The smallest absolute Gasteiger partial charge is 0.358 e. The number of nitro groups is 1. The fourth-order valence-electron chi connectivity index (χ4n) is 1.13. The third kappa shape index (κ3) is 1.19. The van der Waals surface area contributed by atoms with Gasteiger partial charge in [-0.05, 0) is 38.0 Å². The second kappa shape index (κ2) is 2.81. The number of aromatic nitrogens is 2. The van der Waals surface area contributed by atoms with E-state index >= 15 is 0 Å². The van der Waals surface area contributed by atoms with E-state index in [9.17, 15) is 10.1 Å². The van der Waals surface area contributed by atoms with Crippen LogP contribution in [-0.2, 0) is 0 Å². The van der Waals surface area contributed by atoms with Gasteiger partial charge in [0, 0.05) is 6.20 Å². The Morgan fingerprint density at radius 1 is 1.62 bits per heavy atom. The molecule has 0 radical (unpaired) electrons. The first-order valence-electron chi connectivity index (χ1n) is 3.45. The monoisotopic (exact) mass is 241 g/mol. The van der Waals surface area contributed by atoms with Crippen molar-refractivity contribution < 1.29 is 4.92 Å². The van der Waals surface area contributed by atoms with Gasteiger partial charge in [0.25, 0.3) is 0 Å². The van der Waals surface area contributed by atoms with Gasteiger partial charge in [-0.15, -0.1) is 0 Å². The first-order chi connectivity index (χ1) is 6.20. The number of pyridine rings is 1. The Labute approximate surface area is 81.3 Å². The maximum Gasteiger partial charge on any atom is 0.390 e. The van der Waals surface area contributed by atoms with Gasteiger partial charge in [-0.2, -0.15) is 0 Å². The zero-order valence-electron chi connectivity index (χ0n) is 6.35. The molecule has 0 amide bonds. The summed E-state index contributed by atoms with van der Waals surface area (Å²) in [6.45, 7) is 0. The molecule has 0 bridgehead atoms. The molecule has 0 aromatic carbocycles. The fourth-order valence-corrected chi connectivity index (χ4v) is 1.66. The third-order valence-corrected chi connectivity index (χ3v) is 2.30. The normalized spacial score (nSPS) is 10.5. The number of hydrogen-bond acceptors (Lipinski definition) is 3. The minimum atomic E-state index is -0.500. The van der Waals surface area contributed by atoms with Crippen molar-refractivity contribution in [3.05, 3.63) is 39.2 Å². The van der Waals surface area contributed by atoms with Crippen LogP contribution in [0.5, 0.6) is 0 Å². The molecular weight excluding hydrogens is 238 g/mol. The number of rotatable bonds is 1. The highest BCUT2D eigenvalue weighted by atomic mass is 79.9. The van der Waals surface area contributed by atoms with Gasteiger partial charge in [-0.1, -0.05) is 0 Å². The van der Waals surface area contributed by atoms with E-state index in [1.807, 2.05) is 0 Å². The molecule has 0 saturated carbocycles. The molecule has 0 aliphatic rings. The average molecular weight is 242 g/mol. The number of halogens is 1. The lowest BCUT2D eigenvalue weighted by molar-refractivity contribution is -0.387. The van der Waals surface area contributed by atoms with Crippen LogP contribution in [0.1, 0.15) is 0 Å². The molecule has 2 aromatic heterocycles. The van der Waals surface area contributed by atoms with Crippen LogP contribution in [0.15, 0.2) is 29.1 Å². The lowest BCUT2D eigenvalue weighted by Gasteiger charge is -1.94. The molecule has 0 N–H and O–H groups in total. The van der Waals surface area contributed by atoms with Gasteiger partial charge in [0.15, 0.2) is 5.52 Å². The fraction of sp³-hybridized carbons (Fsp3) is 0. The summed E-state index contributed by atoms with van der Waals surface area (Å²) >= 11 is 3.23. The number of hydrogen-bond donors (Lipinski definition) is 0. The Bertz CT molecular complexity index is 480. The van der Waals surface area contributed by atoms with Crippen molar-refractivity contribution in [3.63, 3.8) is 0 Å². The molecule has 0 atom stereocenters. The van der Waals surface area contributed by atoms with Gasteiger partial charge in [-0.25, -0.2) is 0 Å². The minimum absolute atomic E-state index is 0.132. The topological polar surface area (TPSA) is 60.4 Å². The Morgan fingerprint density at radius 2 is 2.38 bits per heavy atom. The molecule has 66 valence electrons. The predicted molar refractivity (Wildman–Crippen MR) is 49.5 cm³/mol. The van der Waals surface area contributed by atoms with Crippen LogP contribution >= 0.6 is 15.9 Å². The van der Waals surface area contributed by atoms with Crippen molar-refractivity contribution in [2.45, 2.75) is 0 Å². The van der Waals surface area contributed by atoms with E-state index in [2.05, 4.69) is 20.9 Å². The van der Waals surface area contributed by atoms with E-state index in [-0.39, 0.29) is 5.82 Å². The predicted octanol–water partition coefficient (Wildman–Crippen LogP) is 2.00. The zero-order chi connectivity index (χ0) is 9.42. The van der Waals surface area contributed by atoms with Gasteiger partial charge in [0.1, 0.15) is 0 Å². The Kier molecular flexibility index (Phi) is 1.77. The molecule has 13 heavy (non-hydrogen) atoms. The SMILES string of the molecule is O=[N+]([O-])c1ncn2cccc(Br)c12. The molecule has 2 aromatic rings. The summed E-state index contributed by atoms with van der Waals surface area (Å²) in [6, 6.07) is 3.52. The van der Waals surface area contributed by atoms with Crippen LogP contribution in [0.25, 0.3) is 5.52 Å². The quantitative estimate of drug-likeness (QED) is 0.567. The maximum absolute atomic E-state index is 10.5. The lowest BCUT2D eigenvalue weighted by atomic mass is 10.4. The summed E-state index contributed by atoms with van der Waals surface area (Å²) in [5.41, 5.74) is 0.479. The van der Waals surface area contributed by atoms with Crippen LogP contribution in [-0.4, -0.2) is 14.3 Å². The Morgan fingerprint density at radius 3 is 3.08 bits per heavy atom. The van der Waals surface area contributed by atoms with Crippen molar-refractivity contribution in [3.8, 4) is 0 Å². The molecule has 2 rings (SSSR count). The van der Waals surface area contributed by atoms with Crippen molar-refractivity contribution in [2.75, 3.05) is 0 Å². The molecule has 0 fully saturated rings. The van der Waals surface area contributed by atoms with Crippen LogP contribution < -0.4 is 0 Å². The standard InChI is InChI=1S/C7H4BrN3O2/c8-5-2-1-3-10-4-9-7(6(5)10)11(12)13/h1-4H. The van der Waals surface area contributed by atoms with Crippen LogP contribution in [0.3, 0.4) is 0 Å². The van der Waals surface area contributed by atoms with Gasteiger partial charge in [0.2, 0.25) is 6.33 Å². The summed E-state index contributed by atoms with van der Waals surface area (Å²) in [5.74, 6) is -0.132. The van der Waals surface area contributed by atoms with E-state index in [1.54, 1.807) is 22.7 Å². The highest BCUT2D eigenvalue weighted by molar-refractivity contribution is 9.10. The van der Waals surface area contributed by atoms with Crippen LogP contribution in [0.4, 0.5) is 5.82 Å². The first kappa shape index (κ1) is 8.18. The van der Waals surface area contributed by atoms with Crippen LogP contribution in [0.2, 0.25) is 0 Å². The molecular formula is C7H4BrN3O2. The summed E-state index contributed by atoms with van der Waals surface area (Å²) in [5, 5.41) is 10.5. The van der Waals surface area contributed by atoms with Crippen LogP contribution in [0, 0.1) is 10.1 Å². The molecule has 0 spiro atoms. The van der Waals surface area contributed by atoms with E-state index < -0.39 is 4.92 Å². The highest BCUT2D eigenvalue weighted by Crippen LogP contribution is 2.25. The first-order valence-corrected chi connectivity index (χ1v) is 4.25. The average Bonchev–Trinajstić information content (AvgIpc) is 2.49. The second-order valence-electron chi connectivity index (χ2n) is 2.44. The van der Waals surface area contributed by atoms with Gasteiger partial charge in [-0.3, -0.25) is 4.40 Å². The minimum Gasteiger partial charge on any atom is -0.358 e. The Hall–Kier alpha value is -1.43. The largest absolute Gasteiger partial charge is 0.390 e. The summed E-state index contributed by atoms with van der Waals surface area (Å²) in [6.07, 6.45) is 3.12. The number of nitrogens with zero attached hydrogens (tertiary/aromatic N) is 3.